The number of rotatable bonds is 4. The Hall–Kier alpha value is -1.32. The highest BCUT2D eigenvalue weighted by atomic mass is 16.2. The van der Waals surface area contributed by atoms with E-state index < -0.39 is 11.4 Å². The average Bonchev–Trinajstić information content (AvgIpc) is 2.13. The number of hydrogen-bond acceptors (Lipinski definition) is 2. The molecule has 74 valence electrons. The summed E-state index contributed by atoms with van der Waals surface area (Å²) in [5.74, 6) is -0.809. The number of nitrogens with zero attached hydrogens (tertiary/aromatic N) is 1. The number of carbonyl (C=O) groups is 2. The van der Waals surface area contributed by atoms with E-state index in [2.05, 4.69) is 6.58 Å². The fraction of sp³-hybridized carbons (Fsp3) is 0.556. The Morgan fingerprint density at radius 2 is 2.08 bits per heavy atom. The van der Waals surface area contributed by atoms with Crippen LogP contribution in [0.4, 0.5) is 0 Å². The van der Waals surface area contributed by atoms with Gasteiger partial charge < -0.3 is 10.6 Å². The average molecular weight is 184 g/mol. The van der Waals surface area contributed by atoms with Crippen molar-refractivity contribution in [3.8, 4) is 0 Å². The zero-order valence-corrected chi connectivity index (χ0v) is 8.33. The first-order valence-electron chi connectivity index (χ1n) is 4.10. The summed E-state index contributed by atoms with van der Waals surface area (Å²) in [4.78, 5) is 23.6. The van der Waals surface area contributed by atoms with E-state index in [0.29, 0.717) is 6.42 Å². The highest BCUT2D eigenvalue weighted by Gasteiger charge is 2.35. The molecule has 0 fully saturated rings. The van der Waals surface area contributed by atoms with E-state index >= 15 is 0 Å². The predicted molar refractivity (Wildman–Crippen MR) is 50.9 cm³/mol. The number of carbonyl (C=O) groups excluding carboxylic acids is 2. The Labute approximate surface area is 78.4 Å². The molecule has 2 N–H and O–H groups in total. The number of hydrogen-bond donors (Lipinski definition) is 1. The molecule has 0 saturated heterocycles. The molecule has 0 aliphatic carbocycles. The molecule has 1 unspecified atom stereocenters. The summed E-state index contributed by atoms with van der Waals surface area (Å²) < 4.78 is 0. The molecule has 0 aromatic carbocycles. The smallest absolute Gasteiger partial charge is 0.246 e. The van der Waals surface area contributed by atoms with Crippen molar-refractivity contribution < 1.29 is 9.59 Å². The second-order valence-corrected chi connectivity index (χ2v) is 3.09. The molecule has 0 heterocycles. The number of primary amides is 1. The van der Waals surface area contributed by atoms with Crippen LogP contribution in [0.5, 0.6) is 0 Å². The van der Waals surface area contributed by atoms with Gasteiger partial charge in [0.1, 0.15) is 5.54 Å². The highest BCUT2D eigenvalue weighted by molar-refractivity contribution is 5.94. The summed E-state index contributed by atoms with van der Waals surface area (Å²) in [6.45, 7) is 6.78. The molecule has 0 aliphatic heterocycles. The van der Waals surface area contributed by atoms with Crippen molar-refractivity contribution >= 4 is 11.8 Å². The van der Waals surface area contributed by atoms with E-state index in [9.17, 15) is 9.59 Å². The summed E-state index contributed by atoms with van der Waals surface area (Å²) >= 11 is 0. The molecule has 0 bridgehead atoms. The molecular formula is C9H16N2O2. The summed E-state index contributed by atoms with van der Waals surface area (Å²) in [5.41, 5.74) is 4.28. The molecule has 0 radical (unpaired) electrons. The number of amides is 2. The zero-order chi connectivity index (χ0) is 10.6. The van der Waals surface area contributed by atoms with Gasteiger partial charge >= 0.3 is 0 Å². The van der Waals surface area contributed by atoms with Crippen molar-refractivity contribution in [2.24, 2.45) is 5.73 Å². The van der Waals surface area contributed by atoms with Gasteiger partial charge in [0.25, 0.3) is 0 Å². The minimum atomic E-state index is -0.925. The van der Waals surface area contributed by atoms with Gasteiger partial charge in [-0.3, -0.25) is 9.59 Å². The lowest BCUT2D eigenvalue weighted by molar-refractivity contribution is -0.140. The lowest BCUT2D eigenvalue weighted by Gasteiger charge is -2.34. The minimum absolute atomic E-state index is 0.303. The molecule has 13 heavy (non-hydrogen) atoms. The second kappa shape index (κ2) is 4.07. The maximum absolute atomic E-state index is 11.2. The summed E-state index contributed by atoms with van der Waals surface area (Å²) in [5, 5.41) is 0. The quantitative estimate of drug-likeness (QED) is 0.638. The molecule has 4 nitrogen and oxygen atoms in total. The van der Waals surface area contributed by atoms with E-state index in [1.54, 1.807) is 13.8 Å². The van der Waals surface area contributed by atoms with Gasteiger partial charge in [-0.25, -0.2) is 0 Å². The van der Waals surface area contributed by atoms with Crippen molar-refractivity contribution in [3.05, 3.63) is 12.7 Å². The Morgan fingerprint density at radius 3 is 2.31 bits per heavy atom. The van der Waals surface area contributed by atoms with Crippen LogP contribution in [0.1, 0.15) is 20.3 Å². The standard InChI is InChI=1S/C9H16N2O2/c1-5-7(12)11(4)9(3,6-2)8(10)13/h5H,1,6H2,2-4H3,(H2,10,13). The fourth-order valence-corrected chi connectivity index (χ4v) is 0.957. The maximum atomic E-state index is 11.2. The van der Waals surface area contributed by atoms with Crippen LogP contribution < -0.4 is 5.73 Å². The van der Waals surface area contributed by atoms with E-state index in [4.69, 9.17) is 5.73 Å². The van der Waals surface area contributed by atoms with Crippen LogP contribution in [-0.4, -0.2) is 29.3 Å². The van der Waals surface area contributed by atoms with E-state index in [1.165, 1.54) is 11.9 Å². The topological polar surface area (TPSA) is 63.4 Å². The largest absolute Gasteiger partial charge is 0.368 e. The normalized spacial score (nSPS) is 14.4. The van der Waals surface area contributed by atoms with Crippen LogP contribution >= 0.6 is 0 Å². The van der Waals surface area contributed by atoms with Gasteiger partial charge in [0, 0.05) is 7.05 Å². The third-order valence-corrected chi connectivity index (χ3v) is 2.46. The van der Waals surface area contributed by atoms with E-state index in [1.807, 2.05) is 0 Å². The van der Waals surface area contributed by atoms with Crippen LogP contribution in [-0.2, 0) is 9.59 Å². The lowest BCUT2D eigenvalue weighted by Crippen LogP contribution is -2.55. The highest BCUT2D eigenvalue weighted by Crippen LogP contribution is 2.17. The fourth-order valence-electron chi connectivity index (χ4n) is 0.957. The first-order valence-corrected chi connectivity index (χ1v) is 4.10. The third kappa shape index (κ3) is 2.08. The van der Waals surface area contributed by atoms with Crippen LogP contribution in [0.3, 0.4) is 0 Å². The van der Waals surface area contributed by atoms with Crippen molar-refractivity contribution in [2.45, 2.75) is 25.8 Å². The first kappa shape index (κ1) is 11.7. The van der Waals surface area contributed by atoms with Gasteiger partial charge in [-0.2, -0.15) is 0 Å². The number of nitrogens with two attached hydrogens (primary N) is 1. The molecule has 4 heteroatoms. The first-order chi connectivity index (χ1) is 5.90. The Kier molecular flexibility index (Phi) is 3.66. The molecule has 0 spiro atoms. The minimum Gasteiger partial charge on any atom is -0.368 e. The second-order valence-electron chi connectivity index (χ2n) is 3.09. The summed E-state index contributed by atoms with van der Waals surface area (Å²) in [6, 6.07) is 0. The van der Waals surface area contributed by atoms with Crippen molar-refractivity contribution in [3.63, 3.8) is 0 Å². The molecule has 1 atom stereocenters. The van der Waals surface area contributed by atoms with Gasteiger partial charge in [0.15, 0.2) is 0 Å². The van der Waals surface area contributed by atoms with Gasteiger partial charge in [-0.15, -0.1) is 0 Å². The van der Waals surface area contributed by atoms with Crippen LogP contribution in [0.15, 0.2) is 12.7 Å². The molecule has 0 saturated carbocycles. The SMILES string of the molecule is C=CC(=O)N(C)C(C)(CC)C(N)=O. The lowest BCUT2D eigenvalue weighted by atomic mass is 9.96. The molecule has 2 amide bonds. The summed E-state index contributed by atoms with van der Waals surface area (Å²) in [6.07, 6.45) is 1.65. The van der Waals surface area contributed by atoms with Crippen LogP contribution in [0.25, 0.3) is 0 Å². The third-order valence-electron chi connectivity index (χ3n) is 2.46. The Balaban J connectivity index is 4.86. The van der Waals surface area contributed by atoms with Crippen molar-refractivity contribution in [2.75, 3.05) is 7.05 Å². The van der Waals surface area contributed by atoms with E-state index in [-0.39, 0.29) is 5.91 Å². The molecule has 0 rings (SSSR count). The predicted octanol–water partition coefficient (Wildman–Crippen LogP) is 0.285. The molecular weight excluding hydrogens is 168 g/mol. The zero-order valence-electron chi connectivity index (χ0n) is 8.33. The monoisotopic (exact) mass is 184 g/mol. The Morgan fingerprint density at radius 1 is 1.62 bits per heavy atom. The van der Waals surface area contributed by atoms with E-state index in [0.717, 1.165) is 6.08 Å². The maximum Gasteiger partial charge on any atom is 0.246 e. The van der Waals surface area contributed by atoms with Crippen molar-refractivity contribution in [1.29, 1.82) is 0 Å². The van der Waals surface area contributed by atoms with Crippen molar-refractivity contribution in [1.82, 2.24) is 4.90 Å². The number of likely N-dealkylation sites (N-methyl/N-ethyl adjacent to an activating group) is 1. The summed E-state index contributed by atoms with van der Waals surface area (Å²) in [7, 11) is 1.54. The molecule has 0 aliphatic rings. The van der Waals surface area contributed by atoms with Gasteiger partial charge in [-0.1, -0.05) is 13.5 Å². The molecule has 0 aromatic rings. The van der Waals surface area contributed by atoms with Gasteiger partial charge in [0.05, 0.1) is 0 Å². The Bertz CT molecular complexity index is 238. The van der Waals surface area contributed by atoms with Gasteiger partial charge in [0.2, 0.25) is 11.8 Å². The van der Waals surface area contributed by atoms with Gasteiger partial charge in [-0.05, 0) is 19.4 Å². The molecule has 0 aromatic heterocycles. The van der Waals surface area contributed by atoms with Crippen LogP contribution in [0, 0.1) is 0 Å². The van der Waals surface area contributed by atoms with Crippen LogP contribution in [0.2, 0.25) is 0 Å².